The number of carbonyl (C=O) groups is 2. The standard InChI is InChI=1S/C12H11ClO4/c1-8(2)12(15)16-7-11(14)17-10-5-3-9(13)4-6-10/h3-6H,1,7H2,2H3. The Kier molecular flexibility index (Phi) is 4.72. The largest absolute Gasteiger partial charge is 0.450 e. The van der Waals surface area contributed by atoms with Gasteiger partial charge in [-0.3, -0.25) is 0 Å². The Morgan fingerprint density at radius 2 is 1.88 bits per heavy atom. The summed E-state index contributed by atoms with van der Waals surface area (Å²) in [5, 5.41) is 0.540. The van der Waals surface area contributed by atoms with Gasteiger partial charge in [0.1, 0.15) is 5.75 Å². The summed E-state index contributed by atoms with van der Waals surface area (Å²) >= 11 is 5.67. The number of hydrogen-bond donors (Lipinski definition) is 0. The van der Waals surface area contributed by atoms with Gasteiger partial charge >= 0.3 is 11.9 Å². The zero-order chi connectivity index (χ0) is 12.8. The maximum absolute atomic E-state index is 11.3. The van der Waals surface area contributed by atoms with Crippen molar-refractivity contribution in [3.63, 3.8) is 0 Å². The van der Waals surface area contributed by atoms with Gasteiger partial charge in [0.25, 0.3) is 0 Å². The van der Waals surface area contributed by atoms with E-state index >= 15 is 0 Å². The predicted molar refractivity (Wildman–Crippen MR) is 62.9 cm³/mol. The van der Waals surface area contributed by atoms with Crippen LogP contribution in [0.5, 0.6) is 5.75 Å². The van der Waals surface area contributed by atoms with E-state index in [9.17, 15) is 9.59 Å². The number of halogens is 1. The summed E-state index contributed by atoms with van der Waals surface area (Å²) in [6.45, 7) is 4.43. The maximum Gasteiger partial charge on any atom is 0.349 e. The van der Waals surface area contributed by atoms with Gasteiger partial charge in [0.05, 0.1) is 0 Å². The van der Waals surface area contributed by atoms with Crippen LogP contribution in [0.2, 0.25) is 5.02 Å². The average molecular weight is 255 g/mol. The first kappa shape index (κ1) is 13.3. The van der Waals surface area contributed by atoms with Crippen LogP contribution in [0.15, 0.2) is 36.4 Å². The van der Waals surface area contributed by atoms with Crippen molar-refractivity contribution in [2.75, 3.05) is 6.61 Å². The van der Waals surface area contributed by atoms with Crippen molar-refractivity contribution in [1.82, 2.24) is 0 Å². The van der Waals surface area contributed by atoms with E-state index in [2.05, 4.69) is 11.3 Å². The van der Waals surface area contributed by atoms with Crippen LogP contribution in [0.25, 0.3) is 0 Å². The van der Waals surface area contributed by atoms with Gasteiger partial charge in [0, 0.05) is 10.6 Å². The minimum atomic E-state index is -0.665. The highest BCUT2D eigenvalue weighted by atomic mass is 35.5. The van der Waals surface area contributed by atoms with Gasteiger partial charge in [-0.05, 0) is 31.2 Å². The first-order chi connectivity index (χ1) is 7.99. The molecule has 0 unspecified atom stereocenters. The van der Waals surface area contributed by atoms with Gasteiger partial charge in [-0.1, -0.05) is 18.2 Å². The van der Waals surface area contributed by atoms with E-state index in [0.29, 0.717) is 10.8 Å². The van der Waals surface area contributed by atoms with Crippen LogP contribution in [-0.4, -0.2) is 18.5 Å². The van der Waals surface area contributed by atoms with E-state index in [1.54, 1.807) is 24.3 Å². The van der Waals surface area contributed by atoms with Crippen molar-refractivity contribution in [2.45, 2.75) is 6.92 Å². The zero-order valence-electron chi connectivity index (χ0n) is 9.23. The lowest BCUT2D eigenvalue weighted by atomic mass is 10.3. The zero-order valence-corrected chi connectivity index (χ0v) is 9.99. The minimum absolute atomic E-state index is 0.226. The molecule has 0 radical (unpaired) electrons. The van der Waals surface area contributed by atoms with Gasteiger partial charge in [-0.25, -0.2) is 9.59 Å². The summed E-state index contributed by atoms with van der Waals surface area (Å²) in [4.78, 5) is 22.3. The highest BCUT2D eigenvalue weighted by molar-refractivity contribution is 6.30. The van der Waals surface area contributed by atoms with Gasteiger partial charge in [0.2, 0.25) is 0 Å². The molecular formula is C12H11ClO4. The monoisotopic (exact) mass is 254 g/mol. The summed E-state index contributed by atoms with van der Waals surface area (Å²) in [5.74, 6) is -0.953. The minimum Gasteiger partial charge on any atom is -0.450 e. The molecule has 4 nitrogen and oxygen atoms in total. The SMILES string of the molecule is C=C(C)C(=O)OCC(=O)Oc1ccc(Cl)cc1. The van der Waals surface area contributed by atoms with E-state index in [1.165, 1.54) is 6.92 Å². The first-order valence-electron chi connectivity index (χ1n) is 4.78. The van der Waals surface area contributed by atoms with Crippen LogP contribution in [0.1, 0.15) is 6.92 Å². The maximum atomic E-state index is 11.3. The topological polar surface area (TPSA) is 52.6 Å². The van der Waals surface area contributed by atoms with E-state index in [4.69, 9.17) is 16.3 Å². The third kappa shape index (κ3) is 4.70. The molecule has 0 bridgehead atoms. The molecule has 1 rings (SSSR count). The van der Waals surface area contributed by atoms with Crippen molar-refractivity contribution >= 4 is 23.5 Å². The molecule has 1 aromatic carbocycles. The van der Waals surface area contributed by atoms with Gasteiger partial charge < -0.3 is 9.47 Å². The molecule has 5 heteroatoms. The smallest absolute Gasteiger partial charge is 0.349 e. The van der Waals surface area contributed by atoms with E-state index in [0.717, 1.165) is 0 Å². The predicted octanol–water partition coefficient (Wildman–Crippen LogP) is 2.36. The quantitative estimate of drug-likeness (QED) is 0.470. The summed E-state index contributed by atoms with van der Waals surface area (Å²) in [7, 11) is 0. The van der Waals surface area contributed by atoms with Crippen molar-refractivity contribution in [3.8, 4) is 5.75 Å². The van der Waals surface area contributed by atoms with E-state index < -0.39 is 18.5 Å². The Morgan fingerprint density at radius 3 is 2.41 bits per heavy atom. The van der Waals surface area contributed by atoms with Gasteiger partial charge in [0.15, 0.2) is 6.61 Å². The Balaban J connectivity index is 2.42. The number of benzene rings is 1. The highest BCUT2D eigenvalue weighted by Gasteiger charge is 2.09. The van der Waals surface area contributed by atoms with Crippen molar-refractivity contribution in [1.29, 1.82) is 0 Å². The molecule has 0 amide bonds. The summed E-state index contributed by atoms with van der Waals surface area (Å²) < 4.78 is 9.52. The molecule has 0 atom stereocenters. The molecule has 0 aliphatic carbocycles. The molecule has 0 spiro atoms. The second kappa shape index (κ2) is 6.06. The number of rotatable bonds is 4. The number of carbonyl (C=O) groups excluding carboxylic acids is 2. The third-order valence-electron chi connectivity index (χ3n) is 1.71. The van der Waals surface area contributed by atoms with Crippen LogP contribution in [-0.2, 0) is 14.3 Å². The summed E-state index contributed by atoms with van der Waals surface area (Å²) in [6.07, 6.45) is 0. The first-order valence-corrected chi connectivity index (χ1v) is 5.15. The van der Waals surface area contributed by atoms with Crippen molar-refractivity contribution in [2.24, 2.45) is 0 Å². The molecule has 0 heterocycles. The molecule has 0 aromatic heterocycles. The number of hydrogen-bond acceptors (Lipinski definition) is 4. The van der Waals surface area contributed by atoms with Crippen molar-refractivity contribution < 1.29 is 19.1 Å². The lowest BCUT2D eigenvalue weighted by molar-refractivity contribution is -0.150. The highest BCUT2D eigenvalue weighted by Crippen LogP contribution is 2.15. The molecule has 1 aromatic rings. The fourth-order valence-corrected chi connectivity index (χ4v) is 1.04. The second-order valence-corrected chi connectivity index (χ2v) is 3.72. The molecule has 0 saturated heterocycles. The average Bonchev–Trinajstić information content (AvgIpc) is 2.29. The molecule has 0 aliphatic heterocycles. The van der Waals surface area contributed by atoms with E-state index in [-0.39, 0.29) is 5.57 Å². The van der Waals surface area contributed by atoms with Gasteiger partial charge in [-0.15, -0.1) is 0 Å². The van der Waals surface area contributed by atoms with Gasteiger partial charge in [-0.2, -0.15) is 0 Å². The second-order valence-electron chi connectivity index (χ2n) is 3.28. The Hall–Kier alpha value is -1.81. The Morgan fingerprint density at radius 1 is 1.29 bits per heavy atom. The summed E-state index contributed by atoms with van der Waals surface area (Å²) in [5.41, 5.74) is 0.226. The summed E-state index contributed by atoms with van der Waals surface area (Å²) in [6, 6.07) is 6.26. The van der Waals surface area contributed by atoms with Crippen LogP contribution < -0.4 is 4.74 Å². The van der Waals surface area contributed by atoms with E-state index in [1.807, 2.05) is 0 Å². The van der Waals surface area contributed by atoms with Crippen LogP contribution in [0.4, 0.5) is 0 Å². The van der Waals surface area contributed by atoms with Crippen LogP contribution in [0.3, 0.4) is 0 Å². The Labute approximate surface area is 104 Å². The molecule has 0 fully saturated rings. The molecule has 0 aliphatic rings. The third-order valence-corrected chi connectivity index (χ3v) is 1.97. The molecular weight excluding hydrogens is 244 g/mol. The van der Waals surface area contributed by atoms with Crippen molar-refractivity contribution in [3.05, 3.63) is 41.4 Å². The normalized spacial score (nSPS) is 9.53. The van der Waals surface area contributed by atoms with Crippen LogP contribution in [0, 0.1) is 0 Å². The number of ether oxygens (including phenoxy) is 2. The molecule has 0 saturated carbocycles. The molecule has 17 heavy (non-hydrogen) atoms. The lowest BCUT2D eigenvalue weighted by Gasteiger charge is -2.05. The van der Waals surface area contributed by atoms with Crippen LogP contribution >= 0.6 is 11.6 Å². The molecule has 0 N–H and O–H groups in total. The fourth-order valence-electron chi connectivity index (χ4n) is 0.911. The number of esters is 2. The fraction of sp³-hybridized carbons (Fsp3) is 0.167. The Bertz CT molecular complexity index is 436. The lowest BCUT2D eigenvalue weighted by Crippen LogP contribution is -2.18. The molecule has 90 valence electrons.